The van der Waals surface area contributed by atoms with Gasteiger partial charge in [0.1, 0.15) is 5.25 Å². The van der Waals surface area contributed by atoms with E-state index in [4.69, 9.17) is 5.73 Å². The Balaban J connectivity index is 3.04. The number of nitrogens with one attached hydrogen (secondary N) is 2. The van der Waals surface area contributed by atoms with Crippen LogP contribution in [0.1, 0.15) is 6.92 Å². The van der Waals surface area contributed by atoms with Gasteiger partial charge >= 0.3 is 6.03 Å². The molecule has 8 nitrogen and oxygen atoms in total. The molecule has 0 spiro atoms. The third kappa shape index (κ3) is 3.19. The number of rotatable bonds is 3. The lowest BCUT2D eigenvalue weighted by Gasteiger charge is -2.13. The van der Waals surface area contributed by atoms with E-state index in [0.717, 1.165) is 0 Å². The zero-order valence-electron chi connectivity index (χ0n) is 10.4. The Morgan fingerprint density at radius 1 is 1.42 bits per heavy atom. The Morgan fingerprint density at radius 3 is 2.58 bits per heavy atom. The summed E-state index contributed by atoms with van der Waals surface area (Å²) in [4.78, 5) is 26.1. The van der Waals surface area contributed by atoms with E-state index in [0.29, 0.717) is 0 Å². The van der Waals surface area contributed by atoms with Gasteiger partial charge in [0.25, 0.3) is 0 Å². The van der Waals surface area contributed by atoms with Crippen molar-refractivity contribution < 1.29 is 18.0 Å². The molecule has 0 aromatic carbocycles. The third-order valence-electron chi connectivity index (χ3n) is 2.42. The number of hydrogen-bond acceptors (Lipinski definition) is 6. The minimum absolute atomic E-state index is 0.0536. The summed E-state index contributed by atoms with van der Waals surface area (Å²) in [6, 6.07) is 0.420. The number of nitrogens with two attached hydrogens (primary N) is 1. The second-order valence-corrected chi connectivity index (χ2v) is 5.91. The molecular formula is C10H14N4O4S. The Labute approximate surface area is 110 Å². The second-order valence-electron chi connectivity index (χ2n) is 3.67. The molecule has 4 N–H and O–H groups in total. The summed E-state index contributed by atoms with van der Waals surface area (Å²) in [7, 11) is -2.67. The van der Waals surface area contributed by atoms with Gasteiger partial charge in [-0.05, 0) is 13.0 Å². The van der Waals surface area contributed by atoms with Crippen LogP contribution >= 0.6 is 0 Å². The van der Waals surface area contributed by atoms with E-state index in [9.17, 15) is 18.0 Å². The Hall–Kier alpha value is -2.16. The van der Waals surface area contributed by atoms with Gasteiger partial charge in [0.2, 0.25) is 5.91 Å². The number of aromatic nitrogens is 1. The average molecular weight is 286 g/mol. The molecule has 0 aliphatic heterocycles. The molecule has 0 fully saturated rings. The van der Waals surface area contributed by atoms with E-state index < -0.39 is 27.0 Å². The molecule has 1 rings (SSSR count). The fourth-order valence-corrected chi connectivity index (χ4v) is 2.61. The summed E-state index contributed by atoms with van der Waals surface area (Å²) < 4.78 is 24.3. The molecule has 3 amide bonds. The standard InChI is InChI=1S/C10H14N4O4S/c1-6(9(15)14-10(16)12-2)19(17,18)8-3-4-13-5-7(8)11/h3-6H,11H2,1-2H3,(H2,12,14,15,16). The first kappa shape index (κ1) is 14.9. The van der Waals surface area contributed by atoms with E-state index >= 15 is 0 Å². The van der Waals surface area contributed by atoms with Crippen LogP contribution in [0.2, 0.25) is 0 Å². The smallest absolute Gasteiger partial charge is 0.321 e. The van der Waals surface area contributed by atoms with Crippen LogP contribution in [0, 0.1) is 0 Å². The van der Waals surface area contributed by atoms with Crippen LogP contribution in [0.15, 0.2) is 23.4 Å². The number of nitrogens with zero attached hydrogens (tertiary/aromatic N) is 1. The van der Waals surface area contributed by atoms with Gasteiger partial charge in [-0.25, -0.2) is 13.2 Å². The van der Waals surface area contributed by atoms with Gasteiger partial charge in [-0.15, -0.1) is 0 Å². The number of amides is 3. The maximum Gasteiger partial charge on any atom is 0.321 e. The van der Waals surface area contributed by atoms with Gasteiger partial charge in [-0.2, -0.15) is 0 Å². The van der Waals surface area contributed by atoms with Crippen LogP contribution in [0.25, 0.3) is 0 Å². The monoisotopic (exact) mass is 286 g/mol. The number of pyridine rings is 1. The fraction of sp³-hybridized carbons (Fsp3) is 0.300. The summed E-state index contributed by atoms with van der Waals surface area (Å²) in [6.45, 7) is 1.17. The lowest BCUT2D eigenvalue weighted by Crippen LogP contribution is -2.44. The predicted octanol–water partition coefficient (Wildman–Crippen LogP) is -0.718. The van der Waals surface area contributed by atoms with Crippen molar-refractivity contribution in [2.45, 2.75) is 17.1 Å². The Kier molecular flexibility index (Phi) is 4.43. The first-order chi connectivity index (χ1) is 8.80. The quantitative estimate of drug-likeness (QED) is 0.672. The summed E-state index contributed by atoms with van der Waals surface area (Å²) in [5, 5.41) is 2.60. The topological polar surface area (TPSA) is 131 Å². The second kappa shape index (κ2) is 5.65. The van der Waals surface area contributed by atoms with Crippen LogP contribution in [-0.2, 0) is 14.6 Å². The van der Waals surface area contributed by atoms with Crippen LogP contribution in [0.5, 0.6) is 0 Å². The summed E-state index contributed by atoms with van der Waals surface area (Å²) in [6.07, 6.45) is 2.43. The minimum atomic E-state index is -3.98. The molecule has 9 heteroatoms. The van der Waals surface area contributed by atoms with Gasteiger partial charge < -0.3 is 11.1 Å². The number of hydrogen-bond donors (Lipinski definition) is 3. The first-order valence-corrected chi connectivity index (χ1v) is 6.81. The van der Waals surface area contributed by atoms with Gasteiger partial charge in [0.05, 0.1) is 16.8 Å². The zero-order chi connectivity index (χ0) is 14.6. The van der Waals surface area contributed by atoms with Crippen LogP contribution < -0.4 is 16.4 Å². The lowest BCUT2D eigenvalue weighted by molar-refractivity contribution is -0.119. The van der Waals surface area contributed by atoms with Crippen molar-refractivity contribution in [1.29, 1.82) is 0 Å². The molecule has 1 unspecified atom stereocenters. The first-order valence-electron chi connectivity index (χ1n) is 5.26. The molecule has 1 aromatic rings. The number of carbonyl (C=O) groups is 2. The molecule has 104 valence electrons. The van der Waals surface area contributed by atoms with Crippen LogP contribution in [0.4, 0.5) is 10.5 Å². The maximum absolute atomic E-state index is 12.2. The molecule has 0 saturated heterocycles. The highest BCUT2D eigenvalue weighted by molar-refractivity contribution is 7.93. The molecule has 0 aliphatic carbocycles. The maximum atomic E-state index is 12.2. The summed E-state index contributed by atoms with van der Waals surface area (Å²) in [5.74, 6) is -0.935. The molecule has 1 aromatic heterocycles. The summed E-state index contributed by atoms with van der Waals surface area (Å²) >= 11 is 0. The van der Waals surface area contributed by atoms with E-state index in [1.54, 1.807) is 0 Å². The Morgan fingerprint density at radius 2 is 2.05 bits per heavy atom. The molecular weight excluding hydrogens is 272 g/mol. The van der Waals surface area contributed by atoms with E-state index in [2.05, 4.69) is 10.3 Å². The molecule has 0 bridgehead atoms. The van der Waals surface area contributed by atoms with Crippen molar-refractivity contribution in [2.24, 2.45) is 0 Å². The normalized spacial score (nSPS) is 12.5. The third-order valence-corrected chi connectivity index (χ3v) is 4.54. The number of carbonyl (C=O) groups excluding carboxylic acids is 2. The lowest BCUT2D eigenvalue weighted by atomic mass is 10.4. The largest absolute Gasteiger partial charge is 0.396 e. The van der Waals surface area contributed by atoms with Crippen molar-refractivity contribution in [2.75, 3.05) is 12.8 Å². The number of urea groups is 1. The van der Waals surface area contributed by atoms with E-state index in [-0.39, 0.29) is 10.6 Å². The van der Waals surface area contributed by atoms with Gasteiger partial charge in [0, 0.05) is 13.2 Å². The zero-order valence-corrected chi connectivity index (χ0v) is 11.2. The van der Waals surface area contributed by atoms with Crippen molar-refractivity contribution in [3.8, 4) is 0 Å². The highest BCUT2D eigenvalue weighted by atomic mass is 32.2. The SMILES string of the molecule is CNC(=O)NC(=O)C(C)S(=O)(=O)c1ccncc1N. The molecule has 19 heavy (non-hydrogen) atoms. The van der Waals surface area contributed by atoms with Crippen molar-refractivity contribution >= 4 is 27.5 Å². The molecule has 1 heterocycles. The van der Waals surface area contributed by atoms with Crippen LogP contribution in [-0.4, -0.2) is 37.6 Å². The average Bonchev–Trinajstić information content (AvgIpc) is 2.37. The van der Waals surface area contributed by atoms with Crippen molar-refractivity contribution in [1.82, 2.24) is 15.6 Å². The molecule has 0 saturated carbocycles. The van der Waals surface area contributed by atoms with Gasteiger partial charge in [-0.3, -0.25) is 15.1 Å². The molecule has 0 radical (unpaired) electrons. The minimum Gasteiger partial charge on any atom is -0.396 e. The van der Waals surface area contributed by atoms with Crippen molar-refractivity contribution in [3.05, 3.63) is 18.5 Å². The van der Waals surface area contributed by atoms with Crippen molar-refractivity contribution in [3.63, 3.8) is 0 Å². The highest BCUT2D eigenvalue weighted by Crippen LogP contribution is 2.21. The number of nitrogen functional groups attached to an aromatic ring is 1. The molecule has 0 aliphatic rings. The highest BCUT2D eigenvalue weighted by Gasteiger charge is 2.32. The Bertz CT molecular complexity index is 599. The predicted molar refractivity (Wildman–Crippen MR) is 67.9 cm³/mol. The fourth-order valence-electron chi connectivity index (χ4n) is 1.26. The number of imide groups is 1. The van der Waals surface area contributed by atoms with E-state index in [1.165, 1.54) is 32.4 Å². The van der Waals surface area contributed by atoms with Gasteiger partial charge in [0.15, 0.2) is 9.84 Å². The van der Waals surface area contributed by atoms with E-state index in [1.807, 2.05) is 5.32 Å². The van der Waals surface area contributed by atoms with Crippen LogP contribution in [0.3, 0.4) is 0 Å². The number of anilines is 1. The summed E-state index contributed by atoms with van der Waals surface area (Å²) in [5.41, 5.74) is 5.47. The number of sulfone groups is 1. The molecule has 1 atom stereocenters. The van der Waals surface area contributed by atoms with Gasteiger partial charge in [-0.1, -0.05) is 0 Å².